The summed E-state index contributed by atoms with van der Waals surface area (Å²) in [6, 6.07) is 1.63. The van der Waals surface area contributed by atoms with Crippen molar-refractivity contribution in [1.29, 1.82) is 0 Å². The van der Waals surface area contributed by atoms with Crippen molar-refractivity contribution < 1.29 is 4.39 Å². The van der Waals surface area contributed by atoms with Gasteiger partial charge in [0.1, 0.15) is 5.15 Å². The molecular formula is C13H16ClFN2. The number of rotatable bonds is 2. The van der Waals surface area contributed by atoms with Crippen molar-refractivity contribution in [3.8, 4) is 0 Å². The molecular weight excluding hydrogens is 239 g/mol. The third-order valence-electron chi connectivity index (χ3n) is 3.97. The van der Waals surface area contributed by atoms with Crippen molar-refractivity contribution in [3.63, 3.8) is 0 Å². The van der Waals surface area contributed by atoms with Gasteiger partial charge >= 0.3 is 0 Å². The minimum atomic E-state index is -0.265. The first kappa shape index (κ1) is 11.3. The van der Waals surface area contributed by atoms with E-state index in [1.54, 1.807) is 6.07 Å². The Kier molecular flexibility index (Phi) is 2.95. The van der Waals surface area contributed by atoms with E-state index >= 15 is 0 Å². The molecule has 0 bridgehead atoms. The molecule has 1 aromatic rings. The van der Waals surface area contributed by atoms with E-state index in [0.717, 1.165) is 24.9 Å². The van der Waals surface area contributed by atoms with Gasteiger partial charge in [0.05, 0.1) is 11.9 Å². The minimum Gasteiger partial charge on any atom is -0.369 e. The Bertz CT molecular complexity index is 412. The van der Waals surface area contributed by atoms with E-state index in [1.165, 1.54) is 31.9 Å². The number of pyridine rings is 1. The smallest absolute Gasteiger partial charge is 0.164 e. The van der Waals surface area contributed by atoms with Gasteiger partial charge in [0.15, 0.2) is 5.82 Å². The number of hydrogen-bond donors (Lipinski definition) is 0. The molecule has 0 N–H and O–H groups in total. The van der Waals surface area contributed by atoms with Crippen molar-refractivity contribution in [2.45, 2.75) is 25.7 Å². The molecule has 0 amide bonds. The van der Waals surface area contributed by atoms with Crippen LogP contribution in [0.4, 0.5) is 10.1 Å². The maximum atomic E-state index is 13.7. The van der Waals surface area contributed by atoms with Crippen LogP contribution in [0.3, 0.4) is 0 Å². The zero-order valence-corrected chi connectivity index (χ0v) is 10.5. The van der Waals surface area contributed by atoms with Gasteiger partial charge in [0.25, 0.3) is 0 Å². The van der Waals surface area contributed by atoms with E-state index in [2.05, 4.69) is 9.88 Å². The van der Waals surface area contributed by atoms with E-state index in [0.29, 0.717) is 10.8 Å². The molecule has 0 radical (unpaired) electrons. The highest BCUT2D eigenvalue weighted by molar-refractivity contribution is 6.29. The first-order valence-corrected chi connectivity index (χ1v) is 6.68. The number of halogens is 2. The Hall–Kier alpha value is -0.830. The number of aromatic nitrogens is 1. The molecule has 4 heteroatoms. The molecule has 1 aromatic heterocycles. The predicted octanol–water partition coefficient (Wildman–Crippen LogP) is 3.50. The Morgan fingerprint density at radius 1 is 1.18 bits per heavy atom. The molecule has 0 aromatic carbocycles. The second-order valence-corrected chi connectivity index (χ2v) is 5.51. The van der Waals surface area contributed by atoms with Gasteiger partial charge in [-0.3, -0.25) is 0 Å². The minimum absolute atomic E-state index is 0.265. The highest BCUT2D eigenvalue weighted by Gasteiger charge is 2.33. The highest BCUT2D eigenvalue weighted by atomic mass is 35.5. The Labute approximate surface area is 106 Å². The third kappa shape index (κ3) is 2.39. The molecule has 92 valence electrons. The van der Waals surface area contributed by atoms with Crippen LogP contribution in [0.2, 0.25) is 5.15 Å². The van der Waals surface area contributed by atoms with Crippen LogP contribution in [0.1, 0.15) is 25.7 Å². The fourth-order valence-electron chi connectivity index (χ4n) is 2.83. The van der Waals surface area contributed by atoms with Gasteiger partial charge in [-0.1, -0.05) is 11.6 Å². The molecule has 1 aliphatic carbocycles. The Morgan fingerprint density at radius 3 is 2.47 bits per heavy atom. The monoisotopic (exact) mass is 254 g/mol. The number of piperidine rings is 1. The van der Waals surface area contributed by atoms with Gasteiger partial charge in [-0.2, -0.15) is 0 Å². The second-order valence-electron chi connectivity index (χ2n) is 5.12. The zero-order valence-electron chi connectivity index (χ0n) is 9.70. The summed E-state index contributed by atoms with van der Waals surface area (Å²) in [5, 5.41) is 0.366. The molecule has 0 unspecified atom stereocenters. The zero-order chi connectivity index (χ0) is 11.8. The van der Waals surface area contributed by atoms with Crippen molar-refractivity contribution in [1.82, 2.24) is 4.98 Å². The summed E-state index contributed by atoms with van der Waals surface area (Å²) >= 11 is 5.82. The summed E-state index contributed by atoms with van der Waals surface area (Å²) in [5.41, 5.74) is 0.610. The highest BCUT2D eigenvalue weighted by Crippen LogP contribution is 2.42. The summed E-state index contributed by atoms with van der Waals surface area (Å²) in [7, 11) is 0. The van der Waals surface area contributed by atoms with Crippen LogP contribution in [-0.4, -0.2) is 18.1 Å². The maximum Gasteiger partial charge on any atom is 0.164 e. The Balaban J connectivity index is 1.70. The van der Waals surface area contributed by atoms with Gasteiger partial charge in [-0.05, 0) is 37.5 Å². The van der Waals surface area contributed by atoms with Crippen molar-refractivity contribution in [3.05, 3.63) is 23.2 Å². The number of hydrogen-bond acceptors (Lipinski definition) is 2. The van der Waals surface area contributed by atoms with Gasteiger partial charge < -0.3 is 4.90 Å². The van der Waals surface area contributed by atoms with Crippen molar-refractivity contribution in [2.24, 2.45) is 11.8 Å². The summed E-state index contributed by atoms with van der Waals surface area (Å²) in [6.07, 6.45) is 6.39. The van der Waals surface area contributed by atoms with Crippen LogP contribution in [-0.2, 0) is 0 Å². The molecule has 2 heterocycles. The molecule has 2 aliphatic rings. The first-order valence-electron chi connectivity index (χ1n) is 6.30. The second kappa shape index (κ2) is 4.45. The molecule has 3 rings (SSSR count). The topological polar surface area (TPSA) is 16.1 Å². The lowest BCUT2D eigenvalue weighted by Gasteiger charge is -2.33. The fraction of sp³-hybridized carbons (Fsp3) is 0.615. The molecule has 2 fully saturated rings. The standard InChI is InChI=1S/C13H16ClFN2/c14-13-7-12(11(15)8-16-13)17-5-3-10(4-6-17)9-1-2-9/h7-10H,1-6H2. The summed E-state index contributed by atoms with van der Waals surface area (Å²) in [4.78, 5) is 5.85. The summed E-state index contributed by atoms with van der Waals surface area (Å²) in [5.74, 6) is 1.56. The predicted molar refractivity (Wildman–Crippen MR) is 66.9 cm³/mol. The first-order chi connectivity index (χ1) is 8.24. The van der Waals surface area contributed by atoms with Crippen LogP contribution in [0.25, 0.3) is 0 Å². The molecule has 1 saturated carbocycles. The normalized spacial score (nSPS) is 21.9. The fourth-order valence-corrected chi connectivity index (χ4v) is 2.98. The number of nitrogens with zero attached hydrogens (tertiary/aromatic N) is 2. The average molecular weight is 255 g/mol. The lowest BCUT2D eigenvalue weighted by Crippen LogP contribution is -2.34. The van der Waals surface area contributed by atoms with Crippen molar-refractivity contribution >= 4 is 17.3 Å². The van der Waals surface area contributed by atoms with Gasteiger partial charge in [0.2, 0.25) is 0 Å². The largest absolute Gasteiger partial charge is 0.369 e. The van der Waals surface area contributed by atoms with E-state index in [4.69, 9.17) is 11.6 Å². The van der Waals surface area contributed by atoms with Gasteiger partial charge in [0, 0.05) is 19.2 Å². The Morgan fingerprint density at radius 2 is 1.82 bits per heavy atom. The van der Waals surface area contributed by atoms with E-state index in [1.807, 2.05) is 0 Å². The lowest BCUT2D eigenvalue weighted by molar-refractivity contribution is 0.361. The number of anilines is 1. The molecule has 1 saturated heterocycles. The van der Waals surface area contributed by atoms with Gasteiger partial charge in [-0.25, -0.2) is 9.37 Å². The van der Waals surface area contributed by atoms with Crippen LogP contribution in [0.5, 0.6) is 0 Å². The van der Waals surface area contributed by atoms with Crippen molar-refractivity contribution in [2.75, 3.05) is 18.0 Å². The van der Waals surface area contributed by atoms with E-state index in [9.17, 15) is 4.39 Å². The molecule has 0 spiro atoms. The van der Waals surface area contributed by atoms with Crippen LogP contribution >= 0.6 is 11.6 Å². The van der Waals surface area contributed by atoms with Crippen LogP contribution in [0, 0.1) is 17.7 Å². The summed E-state index contributed by atoms with van der Waals surface area (Å²) in [6.45, 7) is 1.89. The molecule has 2 nitrogen and oxygen atoms in total. The molecule has 1 aliphatic heterocycles. The SMILES string of the molecule is Fc1cnc(Cl)cc1N1CCC(C2CC2)CC1. The maximum absolute atomic E-state index is 13.7. The third-order valence-corrected chi connectivity index (χ3v) is 4.18. The van der Waals surface area contributed by atoms with Gasteiger partial charge in [-0.15, -0.1) is 0 Å². The quantitative estimate of drug-likeness (QED) is 0.751. The van der Waals surface area contributed by atoms with E-state index < -0.39 is 0 Å². The lowest BCUT2D eigenvalue weighted by atomic mass is 9.92. The van der Waals surface area contributed by atoms with E-state index in [-0.39, 0.29) is 5.82 Å². The van der Waals surface area contributed by atoms with Crippen LogP contribution in [0.15, 0.2) is 12.3 Å². The molecule has 0 atom stereocenters. The van der Waals surface area contributed by atoms with Crippen LogP contribution < -0.4 is 4.90 Å². The average Bonchev–Trinajstić information content (AvgIpc) is 3.17. The molecule has 17 heavy (non-hydrogen) atoms. The summed E-state index contributed by atoms with van der Waals surface area (Å²) < 4.78 is 13.7.